The maximum atomic E-state index is 12.2. The Labute approximate surface area is 157 Å². The second-order valence-corrected chi connectivity index (χ2v) is 6.30. The van der Waals surface area contributed by atoms with E-state index in [9.17, 15) is 4.79 Å². The smallest absolute Gasteiger partial charge is 0.248 e. The van der Waals surface area contributed by atoms with Gasteiger partial charge in [0.2, 0.25) is 11.8 Å². The molecular weight excluding hydrogens is 336 g/mol. The molecule has 0 saturated carbocycles. The summed E-state index contributed by atoms with van der Waals surface area (Å²) in [7, 11) is 0. The van der Waals surface area contributed by atoms with Crippen molar-refractivity contribution in [3.05, 3.63) is 90.0 Å². The fourth-order valence-corrected chi connectivity index (χ4v) is 2.81. The van der Waals surface area contributed by atoms with E-state index in [1.54, 1.807) is 6.08 Å². The number of hydrogen-bond acceptors (Lipinski definition) is 3. The molecule has 1 amide bonds. The Kier molecular flexibility index (Phi) is 4.54. The minimum Gasteiger partial charge on any atom is -0.436 e. The third-order valence-corrected chi connectivity index (χ3v) is 4.15. The number of benzene rings is 3. The van der Waals surface area contributed by atoms with E-state index >= 15 is 0 Å². The van der Waals surface area contributed by atoms with E-state index in [0.717, 1.165) is 27.8 Å². The van der Waals surface area contributed by atoms with E-state index < -0.39 is 0 Å². The molecule has 1 aromatic heterocycles. The number of oxazole rings is 1. The van der Waals surface area contributed by atoms with Crippen LogP contribution in [0.2, 0.25) is 0 Å². The van der Waals surface area contributed by atoms with Gasteiger partial charge in [-0.2, -0.15) is 0 Å². The van der Waals surface area contributed by atoms with Crippen molar-refractivity contribution in [1.29, 1.82) is 0 Å². The maximum Gasteiger partial charge on any atom is 0.248 e. The monoisotopic (exact) mass is 354 g/mol. The molecule has 0 radical (unpaired) electrons. The summed E-state index contributed by atoms with van der Waals surface area (Å²) < 4.78 is 5.86. The standard InChI is InChI=1S/C23H18N2O2/c1-16-10-12-20-21(14-16)27-23(25-20)18-8-5-9-19(15-18)24-22(26)13-11-17-6-3-2-4-7-17/h2-15H,1H3,(H,24,26)/b13-11-. The van der Waals surface area contributed by atoms with E-state index in [1.165, 1.54) is 6.08 Å². The van der Waals surface area contributed by atoms with Crippen LogP contribution in [0.15, 0.2) is 83.3 Å². The van der Waals surface area contributed by atoms with Gasteiger partial charge in [-0.05, 0) is 54.5 Å². The summed E-state index contributed by atoms with van der Waals surface area (Å²) in [6.45, 7) is 2.01. The normalized spacial score (nSPS) is 11.1. The summed E-state index contributed by atoms with van der Waals surface area (Å²) in [4.78, 5) is 16.7. The average molecular weight is 354 g/mol. The number of nitrogens with zero attached hydrogens (tertiary/aromatic N) is 1. The van der Waals surface area contributed by atoms with Crippen molar-refractivity contribution < 1.29 is 9.21 Å². The van der Waals surface area contributed by atoms with E-state index in [-0.39, 0.29) is 5.91 Å². The highest BCUT2D eigenvalue weighted by atomic mass is 16.3. The summed E-state index contributed by atoms with van der Waals surface area (Å²) in [5.41, 5.74) is 5.17. The first-order valence-electron chi connectivity index (χ1n) is 8.69. The molecule has 0 atom stereocenters. The molecule has 4 nitrogen and oxygen atoms in total. The zero-order valence-corrected chi connectivity index (χ0v) is 14.8. The van der Waals surface area contributed by atoms with Crippen LogP contribution in [0.3, 0.4) is 0 Å². The quantitative estimate of drug-likeness (QED) is 0.495. The Morgan fingerprint density at radius 2 is 1.85 bits per heavy atom. The third kappa shape index (κ3) is 3.96. The molecule has 0 aliphatic rings. The van der Waals surface area contributed by atoms with E-state index in [2.05, 4.69) is 10.3 Å². The molecule has 0 fully saturated rings. The maximum absolute atomic E-state index is 12.2. The van der Waals surface area contributed by atoms with Crippen LogP contribution in [0.25, 0.3) is 28.6 Å². The van der Waals surface area contributed by atoms with E-state index in [4.69, 9.17) is 4.42 Å². The number of nitrogens with one attached hydrogen (secondary N) is 1. The predicted octanol–water partition coefficient (Wildman–Crippen LogP) is 5.46. The van der Waals surface area contributed by atoms with Gasteiger partial charge in [-0.3, -0.25) is 4.79 Å². The second-order valence-electron chi connectivity index (χ2n) is 6.30. The Bertz CT molecular complexity index is 1130. The van der Waals surface area contributed by atoms with Gasteiger partial charge in [-0.25, -0.2) is 4.98 Å². The molecule has 1 N–H and O–H groups in total. The van der Waals surface area contributed by atoms with Crippen LogP contribution in [0.1, 0.15) is 11.1 Å². The van der Waals surface area contributed by atoms with E-state index in [1.807, 2.05) is 79.7 Å². The number of carbonyl (C=O) groups is 1. The highest BCUT2D eigenvalue weighted by molar-refractivity contribution is 6.02. The van der Waals surface area contributed by atoms with Crippen LogP contribution >= 0.6 is 0 Å². The molecule has 4 aromatic rings. The number of aromatic nitrogens is 1. The predicted molar refractivity (Wildman–Crippen MR) is 108 cm³/mol. The fourth-order valence-electron chi connectivity index (χ4n) is 2.81. The summed E-state index contributed by atoms with van der Waals surface area (Å²) >= 11 is 0. The molecule has 3 aromatic carbocycles. The van der Waals surface area contributed by atoms with Crippen molar-refractivity contribution in [2.45, 2.75) is 6.92 Å². The fraction of sp³-hybridized carbons (Fsp3) is 0.0435. The zero-order chi connectivity index (χ0) is 18.6. The van der Waals surface area contributed by atoms with Crippen LogP contribution in [0.4, 0.5) is 5.69 Å². The number of fused-ring (bicyclic) bond motifs is 1. The van der Waals surface area contributed by atoms with Crippen molar-refractivity contribution in [2.75, 3.05) is 5.32 Å². The van der Waals surface area contributed by atoms with Crippen LogP contribution in [-0.2, 0) is 4.79 Å². The van der Waals surface area contributed by atoms with Gasteiger partial charge in [-0.15, -0.1) is 0 Å². The number of amides is 1. The van der Waals surface area contributed by atoms with Crippen molar-refractivity contribution >= 4 is 28.8 Å². The lowest BCUT2D eigenvalue weighted by Crippen LogP contribution is -2.07. The van der Waals surface area contributed by atoms with Gasteiger partial charge in [-0.1, -0.05) is 42.5 Å². The number of aryl methyl sites for hydroxylation is 1. The van der Waals surface area contributed by atoms with Gasteiger partial charge in [0, 0.05) is 17.3 Å². The largest absolute Gasteiger partial charge is 0.436 e. The van der Waals surface area contributed by atoms with Crippen molar-refractivity contribution in [2.24, 2.45) is 0 Å². The SMILES string of the molecule is Cc1ccc2nc(-c3cccc(NC(=O)/C=C\c4ccccc4)c3)oc2c1. The van der Waals surface area contributed by atoms with Crippen molar-refractivity contribution in [3.63, 3.8) is 0 Å². The number of hydrogen-bond donors (Lipinski definition) is 1. The minimum absolute atomic E-state index is 0.191. The first kappa shape index (κ1) is 16.8. The molecule has 4 heteroatoms. The van der Waals surface area contributed by atoms with Gasteiger partial charge in [0.05, 0.1) is 0 Å². The lowest BCUT2D eigenvalue weighted by Gasteiger charge is -2.03. The average Bonchev–Trinajstić information content (AvgIpc) is 3.11. The van der Waals surface area contributed by atoms with Gasteiger partial charge >= 0.3 is 0 Å². The van der Waals surface area contributed by atoms with E-state index in [0.29, 0.717) is 11.6 Å². The summed E-state index contributed by atoms with van der Waals surface area (Å²) in [6, 6.07) is 23.1. The van der Waals surface area contributed by atoms with Gasteiger partial charge in [0.15, 0.2) is 5.58 Å². The first-order valence-corrected chi connectivity index (χ1v) is 8.69. The van der Waals surface area contributed by atoms with Crippen LogP contribution in [0.5, 0.6) is 0 Å². The molecular formula is C23H18N2O2. The lowest BCUT2D eigenvalue weighted by molar-refractivity contribution is -0.111. The number of carbonyl (C=O) groups excluding carboxylic acids is 1. The molecule has 0 unspecified atom stereocenters. The molecule has 1 heterocycles. The highest BCUT2D eigenvalue weighted by Crippen LogP contribution is 2.26. The Morgan fingerprint density at radius 3 is 2.70 bits per heavy atom. The molecule has 0 bridgehead atoms. The topological polar surface area (TPSA) is 55.1 Å². The molecule has 0 saturated heterocycles. The molecule has 0 aliphatic heterocycles. The van der Waals surface area contributed by atoms with Gasteiger partial charge < -0.3 is 9.73 Å². The molecule has 132 valence electrons. The highest BCUT2D eigenvalue weighted by Gasteiger charge is 2.09. The van der Waals surface area contributed by atoms with Crippen LogP contribution in [-0.4, -0.2) is 10.9 Å². The Balaban J connectivity index is 1.53. The molecule has 0 aliphatic carbocycles. The zero-order valence-electron chi connectivity index (χ0n) is 14.8. The second kappa shape index (κ2) is 7.30. The van der Waals surface area contributed by atoms with Crippen molar-refractivity contribution in [3.8, 4) is 11.5 Å². The first-order chi connectivity index (χ1) is 13.2. The Hall–Kier alpha value is -3.66. The van der Waals surface area contributed by atoms with Crippen LogP contribution in [0, 0.1) is 6.92 Å². The molecule has 0 spiro atoms. The van der Waals surface area contributed by atoms with Gasteiger partial charge in [0.1, 0.15) is 5.52 Å². The number of anilines is 1. The third-order valence-electron chi connectivity index (χ3n) is 4.15. The lowest BCUT2D eigenvalue weighted by atomic mass is 10.2. The van der Waals surface area contributed by atoms with Crippen LogP contribution < -0.4 is 5.32 Å². The Morgan fingerprint density at radius 1 is 1.00 bits per heavy atom. The minimum atomic E-state index is -0.191. The van der Waals surface area contributed by atoms with Crippen molar-refractivity contribution in [1.82, 2.24) is 4.98 Å². The van der Waals surface area contributed by atoms with Gasteiger partial charge in [0.25, 0.3) is 0 Å². The summed E-state index contributed by atoms with van der Waals surface area (Å²) in [6.07, 6.45) is 3.30. The summed E-state index contributed by atoms with van der Waals surface area (Å²) in [5, 5.41) is 2.87. The molecule has 4 rings (SSSR count). The number of rotatable bonds is 4. The molecule has 27 heavy (non-hydrogen) atoms. The summed E-state index contributed by atoms with van der Waals surface area (Å²) in [5.74, 6) is 0.343.